The van der Waals surface area contributed by atoms with Crippen molar-refractivity contribution in [2.45, 2.75) is 18.8 Å². The van der Waals surface area contributed by atoms with Crippen LogP contribution in [0.15, 0.2) is 21.7 Å². The van der Waals surface area contributed by atoms with Gasteiger partial charge in [-0.2, -0.15) is 0 Å². The molecule has 1 N–H and O–H groups in total. The third-order valence-corrected chi connectivity index (χ3v) is 3.51. The van der Waals surface area contributed by atoms with Gasteiger partial charge in [0.2, 0.25) is 0 Å². The van der Waals surface area contributed by atoms with Gasteiger partial charge in [-0.25, -0.2) is 9.78 Å². The Bertz CT molecular complexity index is 755. The highest BCUT2D eigenvalue weighted by Gasteiger charge is 2.20. The third kappa shape index (κ3) is 1.38. The van der Waals surface area contributed by atoms with E-state index in [1.807, 2.05) is 0 Å². The number of H-pyrrole nitrogens is 1. The smallest absolute Gasteiger partial charge is 0.332 e. The molecule has 0 aromatic carbocycles. The van der Waals surface area contributed by atoms with Crippen molar-refractivity contribution < 1.29 is 0 Å². The molecule has 0 unspecified atom stereocenters. The van der Waals surface area contributed by atoms with Gasteiger partial charge in [-0.3, -0.25) is 13.9 Å². The summed E-state index contributed by atoms with van der Waals surface area (Å²) in [7, 11) is 3.10. The number of hydrogen-bond acceptors (Lipinski definition) is 3. The van der Waals surface area contributed by atoms with E-state index < -0.39 is 0 Å². The van der Waals surface area contributed by atoms with Crippen molar-refractivity contribution in [3.63, 3.8) is 0 Å². The molecule has 1 aliphatic rings. The second-order valence-electron chi connectivity index (χ2n) is 4.67. The van der Waals surface area contributed by atoms with Crippen LogP contribution >= 0.6 is 0 Å². The van der Waals surface area contributed by atoms with Crippen LogP contribution in [0.4, 0.5) is 0 Å². The van der Waals surface area contributed by atoms with Gasteiger partial charge in [-0.1, -0.05) is 12.2 Å². The van der Waals surface area contributed by atoms with Gasteiger partial charge in [0.05, 0.1) is 0 Å². The van der Waals surface area contributed by atoms with E-state index >= 15 is 0 Å². The first-order chi connectivity index (χ1) is 8.59. The molecule has 0 amide bonds. The number of hydrogen-bond donors (Lipinski definition) is 1. The standard InChI is InChI=1S/C12H14N4O2/c1-15-10-8(11(17)16(2)12(15)18)13-9(14-10)7-5-3-4-6-7/h3-4,7H,5-6H2,1-2H3,(H,13,14). The Labute approximate surface area is 103 Å². The Kier molecular flexibility index (Phi) is 2.26. The molecule has 2 heterocycles. The second-order valence-corrected chi connectivity index (χ2v) is 4.67. The summed E-state index contributed by atoms with van der Waals surface area (Å²) in [6.07, 6.45) is 6.06. The van der Waals surface area contributed by atoms with Gasteiger partial charge in [0, 0.05) is 20.0 Å². The molecule has 94 valence electrons. The van der Waals surface area contributed by atoms with E-state index in [4.69, 9.17) is 0 Å². The summed E-state index contributed by atoms with van der Waals surface area (Å²) in [5, 5.41) is 0. The fourth-order valence-corrected chi connectivity index (χ4v) is 2.38. The van der Waals surface area contributed by atoms with Gasteiger partial charge in [0.15, 0.2) is 5.65 Å². The van der Waals surface area contributed by atoms with Gasteiger partial charge in [0.1, 0.15) is 11.3 Å². The lowest BCUT2D eigenvalue weighted by Gasteiger charge is -2.02. The summed E-state index contributed by atoms with van der Waals surface area (Å²) < 4.78 is 2.50. The average molecular weight is 246 g/mol. The van der Waals surface area contributed by atoms with E-state index in [-0.39, 0.29) is 17.2 Å². The maximum atomic E-state index is 12.0. The minimum atomic E-state index is -0.352. The number of aryl methyl sites for hydroxylation is 1. The van der Waals surface area contributed by atoms with Crippen LogP contribution in [0.3, 0.4) is 0 Å². The molecule has 0 fully saturated rings. The molecule has 0 saturated heterocycles. The molecular weight excluding hydrogens is 232 g/mol. The zero-order valence-corrected chi connectivity index (χ0v) is 10.3. The van der Waals surface area contributed by atoms with Crippen molar-refractivity contribution >= 4 is 11.2 Å². The summed E-state index contributed by atoms with van der Waals surface area (Å²) in [6, 6.07) is 0. The van der Waals surface area contributed by atoms with Gasteiger partial charge < -0.3 is 4.98 Å². The number of nitrogens with one attached hydrogen (secondary N) is 1. The van der Waals surface area contributed by atoms with E-state index in [1.54, 1.807) is 7.05 Å². The Morgan fingerprint density at radius 1 is 1.22 bits per heavy atom. The summed E-state index contributed by atoms with van der Waals surface area (Å²) in [6.45, 7) is 0. The SMILES string of the molecule is Cn1c(=O)c2[nH]c(C3CC=CC3)nc2n(C)c1=O. The summed E-state index contributed by atoms with van der Waals surface area (Å²) in [4.78, 5) is 31.3. The number of nitrogens with zero attached hydrogens (tertiary/aromatic N) is 3. The van der Waals surface area contributed by atoms with Crippen LogP contribution in [0.2, 0.25) is 0 Å². The van der Waals surface area contributed by atoms with Crippen LogP contribution in [-0.2, 0) is 14.1 Å². The number of aromatic nitrogens is 4. The maximum Gasteiger partial charge on any atom is 0.332 e. The predicted octanol–water partition coefficient (Wildman–Crippen LogP) is 0.394. The van der Waals surface area contributed by atoms with E-state index in [2.05, 4.69) is 22.1 Å². The van der Waals surface area contributed by atoms with Gasteiger partial charge >= 0.3 is 5.69 Å². The highest BCUT2D eigenvalue weighted by Crippen LogP contribution is 2.27. The molecule has 0 bridgehead atoms. The van der Waals surface area contributed by atoms with Crippen LogP contribution in [0.5, 0.6) is 0 Å². The Morgan fingerprint density at radius 2 is 1.89 bits per heavy atom. The monoisotopic (exact) mass is 246 g/mol. The molecule has 1 aliphatic carbocycles. The van der Waals surface area contributed by atoms with Gasteiger partial charge in [-0.15, -0.1) is 0 Å². The fourth-order valence-electron chi connectivity index (χ4n) is 2.38. The molecule has 18 heavy (non-hydrogen) atoms. The number of rotatable bonds is 1. The molecule has 3 rings (SSSR count). The zero-order valence-electron chi connectivity index (χ0n) is 10.3. The Hall–Kier alpha value is -2.11. The molecule has 0 radical (unpaired) electrons. The number of fused-ring (bicyclic) bond motifs is 1. The molecule has 6 heteroatoms. The number of imidazole rings is 1. The van der Waals surface area contributed by atoms with Crippen LogP contribution in [0, 0.1) is 0 Å². The highest BCUT2D eigenvalue weighted by atomic mass is 16.2. The Morgan fingerprint density at radius 3 is 2.56 bits per heavy atom. The van der Waals surface area contributed by atoms with Crippen LogP contribution in [0.1, 0.15) is 24.6 Å². The van der Waals surface area contributed by atoms with Crippen molar-refractivity contribution in [1.82, 2.24) is 19.1 Å². The van der Waals surface area contributed by atoms with Crippen molar-refractivity contribution in [2.24, 2.45) is 14.1 Å². The molecule has 0 spiro atoms. The minimum absolute atomic E-state index is 0.289. The first-order valence-corrected chi connectivity index (χ1v) is 5.90. The summed E-state index contributed by atoms with van der Waals surface area (Å²) >= 11 is 0. The molecule has 2 aromatic heterocycles. The number of aromatic amines is 1. The first-order valence-electron chi connectivity index (χ1n) is 5.90. The molecule has 0 aliphatic heterocycles. The van der Waals surface area contributed by atoms with E-state index in [1.165, 1.54) is 11.6 Å². The van der Waals surface area contributed by atoms with Gasteiger partial charge in [-0.05, 0) is 12.8 Å². The first kappa shape index (κ1) is 11.0. The van der Waals surface area contributed by atoms with Crippen molar-refractivity contribution in [2.75, 3.05) is 0 Å². The lowest BCUT2D eigenvalue weighted by Crippen LogP contribution is -2.36. The molecular formula is C12H14N4O2. The van der Waals surface area contributed by atoms with Crippen LogP contribution in [0.25, 0.3) is 11.2 Å². The number of allylic oxidation sites excluding steroid dienone is 2. The zero-order chi connectivity index (χ0) is 12.9. The average Bonchev–Trinajstić information content (AvgIpc) is 3.01. The van der Waals surface area contributed by atoms with E-state index in [9.17, 15) is 9.59 Å². The molecule has 6 nitrogen and oxygen atoms in total. The second kappa shape index (κ2) is 3.69. The lowest BCUT2D eigenvalue weighted by molar-refractivity contribution is 0.700. The van der Waals surface area contributed by atoms with Crippen LogP contribution in [-0.4, -0.2) is 19.1 Å². The summed E-state index contributed by atoms with van der Waals surface area (Å²) in [5.41, 5.74) is 0.166. The van der Waals surface area contributed by atoms with E-state index in [0.717, 1.165) is 23.2 Å². The fraction of sp³-hybridized carbons (Fsp3) is 0.417. The van der Waals surface area contributed by atoms with Gasteiger partial charge in [0.25, 0.3) is 5.56 Å². The van der Waals surface area contributed by atoms with Crippen LogP contribution < -0.4 is 11.2 Å². The quantitative estimate of drug-likeness (QED) is 0.740. The largest absolute Gasteiger partial charge is 0.336 e. The van der Waals surface area contributed by atoms with Crippen molar-refractivity contribution in [1.29, 1.82) is 0 Å². The predicted molar refractivity (Wildman–Crippen MR) is 67.7 cm³/mol. The highest BCUT2D eigenvalue weighted by molar-refractivity contribution is 5.69. The van der Waals surface area contributed by atoms with E-state index in [0.29, 0.717) is 11.2 Å². The summed E-state index contributed by atoms with van der Waals surface area (Å²) in [5.74, 6) is 1.07. The third-order valence-electron chi connectivity index (χ3n) is 3.51. The molecule has 0 atom stereocenters. The maximum absolute atomic E-state index is 12.0. The molecule has 2 aromatic rings. The van der Waals surface area contributed by atoms with Crippen molar-refractivity contribution in [3.8, 4) is 0 Å². The topological polar surface area (TPSA) is 72.7 Å². The Balaban J connectivity index is 2.29. The van der Waals surface area contributed by atoms with Crippen molar-refractivity contribution in [3.05, 3.63) is 38.8 Å². The lowest BCUT2D eigenvalue weighted by atomic mass is 10.1. The normalized spacial score (nSPS) is 15.9. The molecule has 0 saturated carbocycles. The minimum Gasteiger partial charge on any atom is -0.336 e.